The van der Waals surface area contributed by atoms with Crippen LogP contribution in [0.1, 0.15) is 43.2 Å². The number of rotatable bonds is 4. The van der Waals surface area contributed by atoms with Gasteiger partial charge in [0, 0.05) is 5.69 Å². The Bertz CT molecular complexity index is 539. The van der Waals surface area contributed by atoms with Crippen molar-refractivity contribution in [2.45, 2.75) is 47.0 Å². The van der Waals surface area contributed by atoms with E-state index in [0.29, 0.717) is 0 Å². The maximum absolute atomic E-state index is 13.2. The third-order valence-electron chi connectivity index (χ3n) is 3.32. The minimum Gasteiger partial charge on any atom is -0.333 e. The highest BCUT2D eigenvalue weighted by atomic mass is 19.1. The monoisotopic (exact) mass is 304 g/mol. The minimum absolute atomic E-state index is 0.251. The molecule has 0 amide bonds. The number of hydrogen-bond acceptors (Lipinski definition) is 2. The first-order valence-electron chi connectivity index (χ1n) is 7.96. The smallest absolute Gasteiger partial charge is 0.141 e. The molecule has 0 aliphatic heterocycles. The molecule has 1 aromatic carbocycles. The molecule has 2 rings (SSSR count). The minimum atomic E-state index is -0.251. The predicted molar refractivity (Wildman–Crippen MR) is 93.6 cm³/mol. The largest absolute Gasteiger partial charge is 0.333 e. The van der Waals surface area contributed by atoms with E-state index >= 15 is 0 Å². The summed E-state index contributed by atoms with van der Waals surface area (Å²) >= 11 is 0. The standard InChI is InChI=1S/C16H18FN.C2H6.CH5N/c1-3-13-6-4-5-7-14(13)8-9-15-10-16(17)11-18-12(15)2;2*1-2/h4-7,10-11H,3,8-9H2,1-2H3;1-2H3;2H2,1H3. The van der Waals surface area contributed by atoms with E-state index in [0.717, 1.165) is 30.5 Å². The van der Waals surface area contributed by atoms with Gasteiger partial charge in [0.2, 0.25) is 0 Å². The molecule has 0 aliphatic carbocycles. The summed E-state index contributed by atoms with van der Waals surface area (Å²) in [6.45, 7) is 8.09. The fraction of sp³-hybridized carbons (Fsp3) is 0.421. The van der Waals surface area contributed by atoms with Crippen molar-refractivity contribution >= 4 is 0 Å². The molecule has 0 saturated carbocycles. The lowest BCUT2D eigenvalue weighted by molar-refractivity contribution is 0.616. The van der Waals surface area contributed by atoms with E-state index in [-0.39, 0.29) is 5.82 Å². The van der Waals surface area contributed by atoms with Crippen LogP contribution < -0.4 is 5.73 Å². The summed E-state index contributed by atoms with van der Waals surface area (Å²) in [7, 11) is 1.50. The maximum Gasteiger partial charge on any atom is 0.141 e. The molecule has 1 aromatic heterocycles. The first-order valence-corrected chi connectivity index (χ1v) is 7.96. The summed E-state index contributed by atoms with van der Waals surface area (Å²) < 4.78 is 13.2. The van der Waals surface area contributed by atoms with Crippen LogP contribution >= 0.6 is 0 Å². The van der Waals surface area contributed by atoms with Gasteiger partial charge in [-0.2, -0.15) is 0 Å². The molecule has 0 saturated heterocycles. The molecule has 0 bridgehead atoms. The summed E-state index contributed by atoms with van der Waals surface area (Å²) in [6, 6.07) is 10.0. The van der Waals surface area contributed by atoms with Crippen molar-refractivity contribution in [2.75, 3.05) is 7.05 Å². The number of halogens is 1. The summed E-state index contributed by atoms with van der Waals surface area (Å²) in [5.41, 5.74) is 9.15. The first-order chi connectivity index (χ1) is 10.7. The van der Waals surface area contributed by atoms with Gasteiger partial charge >= 0.3 is 0 Å². The Balaban J connectivity index is 0.00000102. The Kier molecular flexibility index (Phi) is 10.9. The molecule has 22 heavy (non-hydrogen) atoms. The average Bonchev–Trinajstić information content (AvgIpc) is 2.59. The van der Waals surface area contributed by atoms with Crippen LogP contribution in [0.2, 0.25) is 0 Å². The van der Waals surface area contributed by atoms with Crippen LogP contribution in [-0.4, -0.2) is 12.0 Å². The van der Waals surface area contributed by atoms with Crippen LogP contribution in [0.3, 0.4) is 0 Å². The van der Waals surface area contributed by atoms with Crippen molar-refractivity contribution in [3.8, 4) is 0 Å². The zero-order chi connectivity index (χ0) is 17.0. The summed E-state index contributed by atoms with van der Waals surface area (Å²) in [4.78, 5) is 4.06. The molecular formula is C19H29FN2. The van der Waals surface area contributed by atoms with E-state index in [4.69, 9.17) is 0 Å². The Morgan fingerprint density at radius 1 is 1.00 bits per heavy atom. The molecule has 122 valence electrons. The van der Waals surface area contributed by atoms with Crippen molar-refractivity contribution in [3.63, 3.8) is 0 Å². The molecule has 0 aliphatic rings. The third-order valence-corrected chi connectivity index (χ3v) is 3.32. The second kappa shape index (κ2) is 11.9. The Morgan fingerprint density at radius 2 is 1.55 bits per heavy atom. The number of aromatic nitrogens is 1. The van der Waals surface area contributed by atoms with Crippen LogP contribution in [0.5, 0.6) is 0 Å². The maximum atomic E-state index is 13.2. The highest BCUT2D eigenvalue weighted by Crippen LogP contribution is 2.15. The second-order valence-corrected chi connectivity index (χ2v) is 4.52. The van der Waals surface area contributed by atoms with Crippen molar-refractivity contribution in [1.82, 2.24) is 4.98 Å². The van der Waals surface area contributed by atoms with Crippen LogP contribution in [0.25, 0.3) is 0 Å². The number of hydrogen-bond donors (Lipinski definition) is 1. The van der Waals surface area contributed by atoms with Gasteiger partial charge in [-0.25, -0.2) is 4.39 Å². The summed E-state index contributed by atoms with van der Waals surface area (Å²) in [5.74, 6) is -0.251. The van der Waals surface area contributed by atoms with Gasteiger partial charge in [0.25, 0.3) is 0 Å². The molecule has 2 nitrogen and oxygen atoms in total. The average molecular weight is 304 g/mol. The van der Waals surface area contributed by atoms with Crippen LogP contribution in [-0.2, 0) is 19.3 Å². The Hall–Kier alpha value is -1.74. The second-order valence-electron chi connectivity index (χ2n) is 4.52. The van der Waals surface area contributed by atoms with Gasteiger partial charge in [-0.15, -0.1) is 0 Å². The van der Waals surface area contributed by atoms with E-state index in [2.05, 4.69) is 41.9 Å². The highest BCUT2D eigenvalue weighted by Gasteiger charge is 2.04. The topological polar surface area (TPSA) is 38.9 Å². The van der Waals surface area contributed by atoms with Crippen LogP contribution in [0, 0.1) is 12.7 Å². The number of aryl methyl sites for hydroxylation is 4. The molecular weight excluding hydrogens is 275 g/mol. The van der Waals surface area contributed by atoms with E-state index in [9.17, 15) is 4.39 Å². The van der Waals surface area contributed by atoms with Gasteiger partial charge in [0.1, 0.15) is 5.82 Å². The van der Waals surface area contributed by atoms with E-state index in [1.807, 2.05) is 20.8 Å². The van der Waals surface area contributed by atoms with Crippen LogP contribution in [0.15, 0.2) is 36.5 Å². The van der Waals surface area contributed by atoms with Gasteiger partial charge in [-0.3, -0.25) is 4.98 Å². The highest BCUT2D eigenvalue weighted by molar-refractivity contribution is 5.29. The molecule has 1 heterocycles. The molecule has 0 radical (unpaired) electrons. The normalized spacial score (nSPS) is 9.23. The number of nitrogens with zero attached hydrogens (tertiary/aromatic N) is 1. The number of benzene rings is 1. The van der Waals surface area contributed by atoms with Gasteiger partial charge < -0.3 is 5.73 Å². The van der Waals surface area contributed by atoms with E-state index in [1.54, 1.807) is 6.07 Å². The Labute approximate surface area is 134 Å². The van der Waals surface area contributed by atoms with Gasteiger partial charge in [-0.05, 0) is 56.0 Å². The zero-order valence-electron chi connectivity index (χ0n) is 14.5. The van der Waals surface area contributed by atoms with Crippen molar-refractivity contribution in [1.29, 1.82) is 0 Å². The molecule has 0 unspecified atom stereocenters. The first kappa shape index (κ1) is 20.3. The molecule has 0 spiro atoms. The predicted octanol–water partition coefficient (Wildman–Crippen LogP) is 4.48. The van der Waals surface area contributed by atoms with E-state index < -0.39 is 0 Å². The van der Waals surface area contributed by atoms with Gasteiger partial charge in [0.15, 0.2) is 0 Å². The molecule has 0 atom stereocenters. The van der Waals surface area contributed by atoms with Crippen molar-refractivity contribution in [2.24, 2.45) is 5.73 Å². The van der Waals surface area contributed by atoms with Crippen molar-refractivity contribution in [3.05, 3.63) is 64.7 Å². The van der Waals surface area contributed by atoms with Crippen LogP contribution in [0.4, 0.5) is 4.39 Å². The number of pyridine rings is 1. The Morgan fingerprint density at radius 3 is 2.14 bits per heavy atom. The molecule has 3 heteroatoms. The van der Waals surface area contributed by atoms with Crippen molar-refractivity contribution < 1.29 is 4.39 Å². The summed E-state index contributed by atoms with van der Waals surface area (Å²) in [6.07, 6.45) is 4.10. The number of nitrogens with two attached hydrogens (primary N) is 1. The van der Waals surface area contributed by atoms with Gasteiger partial charge in [-0.1, -0.05) is 45.0 Å². The van der Waals surface area contributed by atoms with Gasteiger partial charge in [0.05, 0.1) is 6.20 Å². The quantitative estimate of drug-likeness (QED) is 0.904. The molecule has 0 fully saturated rings. The van der Waals surface area contributed by atoms with E-state index in [1.165, 1.54) is 24.4 Å². The molecule has 2 aromatic rings. The fourth-order valence-corrected chi connectivity index (χ4v) is 2.22. The fourth-order valence-electron chi connectivity index (χ4n) is 2.22. The lowest BCUT2D eigenvalue weighted by Crippen LogP contribution is -1.99. The third kappa shape index (κ3) is 6.35. The SMILES string of the molecule is CC.CCc1ccccc1CCc1cc(F)cnc1C.CN. The summed E-state index contributed by atoms with van der Waals surface area (Å²) in [5, 5.41) is 0. The molecule has 2 N–H and O–H groups in total. The lowest BCUT2D eigenvalue weighted by atomic mass is 9.98. The zero-order valence-corrected chi connectivity index (χ0v) is 14.5. The lowest BCUT2D eigenvalue weighted by Gasteiger charge is -2.09.